The molecule has 2 aromatic rings. The lowest BCUT2D eigenvalue weighted by atomic mass is 9.84. The van der Waals surface area contributed by atoms with E-state index in [2.05, 4.69) is 32.7 Å². The molecule has 0 radical (unpaired) electrons. The summed E-state index contributed by atoms with van der Waals surface area (Å²) in [6, 6.07) is 8.91. The van der Waals surface area contributed by atoms with Crippen molar-refractivity contribution in [1.82, 2.24) is 9.88 Å². The molecule has 31 heavy (non-hydrogen) atoms. The molecule has 1 atom stereocenters. The third-order valence-corrected chi connectivity index (χ3v) is 5.92. The summed E-state index contributed by atoms with van der Waals surface area (Å²) in [5, 5.41) is 11.4. The highest BCUT2D eigenvalue weighted by Crippen LogP contribution is 2.40. The Labute approximate surface area is 184 Å². The minimum Gasteiger partial charge on any atom is -0.507 e. The van der Waals surface area contributed by atoms with Gasteiger partial charge in [0.15, 0.2) is 0 Å². The summed E-state index contributed by atoms with van der Waals surface area (Å²) >= 11 is 0. The van der Waals surface area contributed by atoms with Gasteiger partial charge in [0.2, 0.25) is 0 Å². The fourth-order valence-electron chi connectivity index (χ4n) is 4.02. The predicted octanol–water partition coefficient (Wildman–Crippen LogP) is 5.30. The van der Waals surface area contributed by atoms with Crippen LogP contribution in [0.1, 0.15) is 75.3 Å². The van der Waals surface area contributed by atoms with E-state index in [0.717, 1.165) is 36.0 Å². The molecule has 164 valence electrons. The van der Waals surface area contributed by atoms with Crippen LogP contribution >= 0.6 is 0 Å². The van der Waals surface area contributed by atoms with E-state index in [1.807, 2.05) is 25.1 Å². The molecule has 0 bridgehead atoms. The molecule has 0 aliphatic carbocycles. The number of carbonyl (C=O) groups is 2. The van der Waals surface area contributed by atoms with Crippen LogP contribution in [0.15, 0.2) is 48.3 Å². The maximum Gasteiger partial charge on any atom is 0.295 e. The first-order chi connectivity index (χ1) is 14.7. The molecule has 1 aliphatic heterocycles. The number of likely N-dealkylation sites (tertiary alicyclic amines) is 1. The minimum atomic E-state index is -0.628. The third kappa shape index (κ3) is 4.55. The van der Waals surface area contributed by atoms with E-state index in [9.17, 15) is 14.7 Å². The van der Waals surface area contributed by atoms with Gasteiger partial charge in [-0.3, -0.25) is 14.6 Å². The largest absolute Gasteiger partial charge is 0.507 e. The zero-order valence-electron chi connectivity index (χ0n) is 19.1. The smallest absolute Gasteiger partial charge is 0.295 e. The van der Waals surface area contributed by atoms with Crippen LogP contribution in [-0.4, -0.2) is 33.2 Å². The molecule has 1 saturated heterocycles. The fourth-order valence-corrected chi connectivity index (χ4v) is 4.02. The quantitative estimate of drug-likeness (QED) is 0.298. The Morgan fingerprint density at radius 1 is 1.10 bits per heavy atom. The van der Waals surface area contributed by atoms with Crippen molar-refractivity contribution in [3.8, 4) is 0 Å². The molecule has 5 heteroatoms. The molecular formula is C26H32N2O3. The topological polar surface area (TPSA) is 70.5 Å². The van der Waals surface area contributed by atoms with E-state index >= 15 is 0 Å². The standard InChI is InChI=1S/C26H32N2O3/c1-6-7-8-15-28-22(18-11-13-27-14-12-18)21(24(30)25(28)31)23(29)20-16-19(26(3,4)5)10-9-17(20)2/h9-14,16,22,29H,6-8,15H2,1-5H3/b23-21+. The first-order valence-electron chi connectivity index (χ1n) is 11.0. The summed E-state index contributed by atoms with van der Waals surface area (Å²) < 4.78 is 0. The number of hydrogen-bond acceptors (Lipinski definition) is 4. The Hall–Kier alpha value is -2.95. The van der Waals surface area contributed by atoms with Crippen LogP contribution in [0.5, 0.6) is 0 Å². The highest BCUT2D eigenvalue weighted by Gasteiger charge is 2.45. The van der Waals surface area contributed by atoms with E-state index in [1.54, 1.807) is 29.4 Å². The summed E-state index contributed by atoms with van der Waals surface area (Å²) in [4.78, 5) is 31.7. The molecule has 0 saturated carbocycles. The number of benzene rings is 1. The van der Waals surface area contributed by atoms with Gasteiger partial charge in [-0.05, 0) is 53.6 Å². The van der Waals surface area contributed by atoms with Crippen LogP contribution in [0.2, 0.25) is 0 Å². The zero-order valence-corrected chi connectivity index (χ0v) is 19.1. The highest BCUT2D eigenvalue weighted by atomic mass is 16.3. The van der Waals surface area contributed by atoms with Gasteiger partial charge < -0.3 is 10.0 Å². The van der Waals surface area contributed by atoms with E-state index < -0.39 is 17.7 Å². The normalized spacial score (nSPS) is 18.6. The number of aliphatic hydroxyl groups excluding tert-OH is 1. The van der Waals surface area contributed by atoms with Crippen molar-refractivity contribution in [2.75, 3.05) is 6.54 Å². The van der Waals surface area contributed by atoms with Crippen molar-refractivity contribution >= 4 is 17.4 Å². The molecule has 1 aromatic carbocycles. The number of pyridine rings is 1. The van der Waals surface area contributed by atoms with E-state index in [-0.39, 0.29) is 16.7 Å². The number of unbranched alkanes of at least 4 members (excludes halogenated alkanes) is 2. The number of nitrogens with zero attached hydrogens (tertiary/aromatic N) is 2. The molecule has 1 fully saturated rings. The maximum absolute atomic E-state index is 13.1. The molecule has 3 rings (SSSR count). The van der Waals surface area contributed by atoms with Crippen LogP contribution in [0, 0.1) is 6.92 Å². The van der Waals surface area contributed by atoms with Gasteiger partial charge in [-0.25, -0.2) is 0 Å². The SMILES string of the molecule is CCCCCN1C(=O)C(=O)/C(=C(/O)c2cc(C(C)(C)C)ccc2C)C1c1ccncc1. The average molecular weight is 421 g/mol. The van der Waals surface area contributed by atoms with E-state index in [4.69, 9.17) is 0 Å². The van der Waals surface area contributed by atoms with Gasteiger partial charge in [-0.1, -0.05) is 52.7 Å². The van der Waals surface area contributed by atoms with Gasteiger partial charge >= 0.3 is 0 Å². The predicted molar refractivity (Wildman–Crippen MR) is 123 cm³/mol. The molecule has 1 aromatic heterocycles. The zero-order chi connectivity index (χ0) is 22.8. The van der Waals surface area contributed by atoms with Gasteiger partial charge in [-0.15, -0.1) is 0 Å². The lowest BCUT2D eigenvalue weighted by Gasteiger charge is -2.25. The van der Waals surface area contributed by atoms with Crippen molar-refractivity contribution in [3.63, 3.8) is 0 Å². The fraction of sp³-hybridized carbons (Fsp3) is 0.423. The number of Topliss-reactive ketones (excluding diaryl/α,β-unsaturated/α-hetero) is 1. The van der Waals surface area contributed by atoms with Crippen molar-refractivity contribution in [2.24, 2.45) is 0 Å². The van der Waals surface area contributed by atoms with Gasteiger partial charge in [0, 0.05) is 24.5 Å². The first kappa shape index (κ1) is 22.7. The Balaban J connectivity index is 2.17. The van der Waals surface area contributed by atoms with Gasteiger partial charge in [0.1, 0.15) is 5.76 Å². The molecular weight excluding hydrogens is 388 g/mol. The molecule has 1 unspecified atom stereocenters. The molecule has 2 heterocycles. The van der Waals surface area contributed by atoms with E-state index in [1.165, 1.54) is 0 Å². The number of hydrogen-bond donors (Lipinski definition) is 1. The lowest BCUT2D eigenvalue weighted by molar-refractivity contribution is -0.139. The summed E-state index contributed by atoms with van der Waals surface area (Å²) in [5.74, 6) is -1.29. The van der Waals surface area contributed by atoms with Crippen LogP contribution < -0.4 is 0 Å². The molecule has 5 nitrogen and oxygen atoms in total. The highest BCUT2D eigenvalue weighted by molar-refractivity contribution is 6.46. The lowest BCUT2D eigenvalue weighted by Crippen LogP contribution is -2.30. The van der Waals surface area contributed by atoms with Crippen molar-refractivity contribution in [1.29, 1.82) is 0 Å². The Kier molecular flexibility index (Phi) is 6.63. The molecule has 0 spiro atoms. The number of amides is 1. The molecule has 1 amide bonds. The second-order valence-electron chi connectivity index (χ2n) is 9.26. The van der Waals surface area contributed by atoms with Crippen LogP contribution in [0.3, 0.4) is 0 Å². The van der Waals surface area contributed by atoms with Crippen LogP contribution in [0.25, 0.3) is 5.76 Å². The minimum absolute atomic E-state index is 0.109. The van der Waals surface area contributed by atoms with Crippen molar-refractivity contribution in [3.05, 3.63) is 70.6 Å². The number of carbonyl (C=O) groups excluding carboxylic acids is 2. The van der Waals surface area contributed by atoms with Crippen LogP contribution in [0.4, 0.5) is 0 Å². The third-order valence-electron chi connectivity index (χ3n) is 5.92. The maximum atomic E-state index is 13.1. The summed E-state index contributed by atoms with van der Waals surface area (Å²) in [6.45, 7) is 10.8. The first-order valence-corrected chi connectivity index (χ1v) is 11.0. The number of aryl methyl sites for hydroxylation is 1. The number of rotatable bonds is 6. The van der Waals surface area contributed by atoms with E-state index in [0.29, 0.717) is 12.1 Å². The Bertz CT molecular complexity index is 1000. The van der Waals surface area contributed by atoms with Crippen molar-refractivity contribution in [2.45, 2.75) is 65.3 Å². The molecule has 1 N–H and O–H groups in total. The number of aliphatic hydroxyl groups is 1. The average Bonchev–Trinajstić information content (AvgIpc) is 2.98. The van der Waals surface area contributed by atoms with Gasteiger partial charge in [0.25, 0.3) is 11.7 Å². The summed E-state index contributed by atoms with van der Waals surface area (Å²) in [7, 11) is 0. The number of aromatic nitrogens is 1. The Morgan fingerprint density at radius 2 is 1.77 bits per heavy atom. The number of ketones is 1. The monoisotopic (exact) mass is 420 g/mol. The molecule has 1 aliphatic rings. The summed E-state index contributed by atoms with van der Waals surface area (Å²) in [5.41, 5.74) is 3.32. The summed E-state index contributed by atoms with van der Waals surface area (Å²) in [6.07, 6.45) is 6.09. The van der Waals surface area contributed by atoms with Crippen molar-refractivity contribution < 1.29 is 14.7 Å². The Morgan fingerprint density at radius 3 is 2.39 bits per heavy atom. The van der Waals surface area contributed by atoms with Crippen LogP contribution in [-0.2, 0) is 15.0 Å². The van der Waals surface area contributed by atoms with Gasteiger partial charge in [-0.2, -0.15) is 0 Å². The second kappa shape index (κ2) is 9.04. The second-order valence-corrected chi connectivity index (χ2v) is 9.26. The van der Waals surface area contributed by atoms with Gasteiger partial charge in [0.05, 0.1) is 11.6 Å².